The molecule has 0 saturated carbocycles. The van der Waals surface area contributed by atoms with E-state index in [2.05, 4.69) is 9.88 Å². The van der Waals surface area contributed by atoms with Crippen LogP contribution in [0.4, 0.5) is 10.2 Å². The first-order chi connectivity index (χ1) is 7.31. The fraction of sp³-hybridized carbons (Fsp3) is 0.545. The molecule has 15 heavy (non-hydrogen) atoms. The third kappa shape index (κ3) is 2.40. The van der Waals surface area contributed by atoms with E-state index in [4.69, 9.17) is 11.6 Å². The number of pyridine rings is 1. The van der Waals surface area contributed by atoms with Gasteiger partial charge in [0.2, 0.25) is 0 Å². The summed E-state index contributed by atoms with van der Waals surface area (Å²) in [5, 5.41) is 0. The molecule has 1 aliphatic rings. The molecule has 1 fully saturated rings. The average molecular weight is 229 g/mol. The molecule has 1 aromatic heterocycles. The van der Waals surface area contributed by atoms with Crippen LogP contribution in [0.15, 0.2) is 12.3 Å². The summed E-state index contributed by atoms with van der Waals surface area (Å²) < 4.78 is 13.0. The second-order valence-corrected chi connectivity index (χ2v) is 4.08. The standard InChI is InChI=1S/C11H14ClFN2/c12-7-9-6-10(13)8-14-11(9)15-4-2-1-3-5-15/h6,8H,1-5,7H2. The van der Waals surface area contributed by atoms with Crippen molar-refractivity contribution in [3.63, 3.8) is 0 Å². The van der Waals surface area contributed by atoms with Gasteiger partial charge in [0.1, 0.15) is 11.6 Å². The molecule has 1 saturated heterocycles. The summed E-state index contributed by atoms with van der Waals surface area (Å²) >= 11 is 5.79. The van der Waals surface area contributed by atoms with Crippen molar-refractivity contribution in [2.24, 2.45) is 0 Å². The van der Waals surface area contributed by atoms with Gasteiger partial charge in [0.05, 0.1) is 12.1 Å². The van der Waals surface area contributed by atoms with Crippen LogP contribution in [0, 0.1) is 5.82 Å². The summed E-state index contributed by atoms with van der Waals surface area (Å²) in [5.41, 5.74) is 0.790. The van der Waals surface area contributed by atoms with Crippen LogP contribution in [0.5, 0.6) is 0 Å². The smallest absolute Gasteiger partial charge is 0.141 e. The Balaban J connectivity index is 2.25. The van der Waals surface area contributed by atoms with Crippen molar-refractivity contribution in [3.8, 4) is 0 Å². The van der Waals surface area contributed by atoms with Crippen LogP contribution >= 0.6 is 11.6 Å². The van der Waals surface area contributed by atoms with Crippen molar-refractivity contribution in [2.45, 2.75) is 25.1 Å². The first-order valence-corrected chi connectivity index (χ1v) is 5.80. The predicted molar refractivity (Wildman–Crippen MR) is 59.8 cm³/mol. The summed E-state index contributed by atoms with van der Waals surface area (Å²) in [6.07, 6.45) is 4.90. The van der Waals surface area contributed by atoms with E-state index >= 15 is 0 Å². The van der Waals surface area contributed by atoms with Gasteiger partial charge in [0.15, 0.2) is 0 Å². The lowest BCUT2D eigenvalue weighted by Gasteiger charge is -2.29. The number of hydrogen-bond donors (Lipinski definition) is 0. The van der Waals surface area contributed by atoms with Crippen molar-refractivity contribution < 1.29 is 4.39 Å². The number of anilines is 1. The van der Waals surface area contributed by atoms with Gasteiger partial charge in [-0.25, -0.2) is 9.37 Å². The number of halogens is 2. The molecule has 1 aliphatic heterocycles. The van der Waals surface area contributed by atoms with Gasteiger partial charge in [0.25, 0.3) is 0 Å². The third-order valence-corrected chi connectivity index (χ3v) is 3.00. The topological polar surface area (TPSA) is 16.1 Å². The van der Waals surface area contributed by atoms with Gasteiger partial charge in [-0.1, -0.05) is 0 Å². The zero-order valence-electron chi connectivity index (χ0n) is 8.55. The SMILES string of the molecule is Fc1cnc(N2CCCCC2)c(CCl)c1. The lowest BCUT2D eigenvalue weighted by atomic mass is 10.1. The zero-order chi connectivity index (χ0) is 10.7. The largest absolute Gasteiger partial charge is 0.356 e. The van der Waals surface area contributed by atoms with E-state index in [1.807, 2.05) is 0 Å². The van der Waals surface area contributed by atoms with Gasteiger partial charge in [0, 0.05) is 18.7 Å². The molecular weight excluding hydrogens is 215 g/mol. The Morgan fingerprint density at radius 1 is 1.33 bits per heavy atom. The van der Waals surface area contributed by atoms with E-state index in [0.717, 1.165) is 24.5 Å². The molecule has 0 bridgehead atoms. The van der Waals surface area contributed by atoms with Crippen LogP contribution in [0.1, 0.15) is 24.8 Å². The van der Waals surface area contributed by atoms with Gasteiger partial charge >= 0.3 is 0 Å². The summed E-state index contributed by atoms with van der Waals surface area (Å²) in [6.45, 7) is 2.01. The number of rotatable bonds is 2. The maximum Gasteiger partial charge on any atom is 0.141 e. The average Bonchev–Trinajstić information content (AvgIpc) is 2.30. The van der Waals surface area contributed by atoms with E-state index in [-0.39, 0.29) is 5.82 Å². The molecule has 2 nitrogen and oxygen atoms in total. The Morgan fingerprint density at radius 3 is 2.73 bits per heavy atom. The van der Waals surface area contributed by atoms with Crippen LogP contribution in [-0.2, 0) is 5.88 Å². The fourth-order valence-electron chi connectivity index (χ4n) is 1.96. The third-order valence-electron chi connectivity index (χ3n) is 2.71. The van der Waals surface area contributed by atoms with Crippen LogP contribution in [0.25, 0.3) is 0 Å². The molecule has 0 aliphatic carbocycles. The van der Waals surface area contributed by atoms with E-state index in [9.17, 15) is 4.39 Å². The highest BCUT2D eigenvalue weighted by molar-refractivity contribution is 6.17. The molecule has 0 atom stereocenters. The van der Waals surface area contributed by atoms with Gasteiger partial charge in [-0.15, -0.1) is 11.6 Å². The van der Waals surface area contributed by atoms with Crippen molar-refractivity contribution in [3.05, 3.63) is 23.6 Å². The first kappa shape index (κ1) is 10.7. The Hall–Kier alpha value is -0.830. The highest BCUT2D eigenvalue weighted by Gasteiger charge is 2.15. The molecule has 2 heterocycles. The lowest BCUT2D eigenvalue weighted by molar-refractivity contribution is 0.568. The van der Waals surface area contributed by atoms with Crippen molar-refractivity contribution in [2.75, 3.05) is 18.0 Å². The summed E-state index contributed by atoms with van der Waals surface area (Å²) in [6, 6.07) is 1.48. The predicted octanol–water partition coefficient (Wildman–Crippen LogP) is 2.95. The lowest BCUT2D eigenvalue weighted by Crippen LogP contribution is -2.31. The quantitative estimate of drug-likeness (QED) is 0.724. The van der Waals surface area contributed by atoms with Gasteiger partial charge in [-0.3, -0.25) is 0 Å². The fourth-order valence-corrected chi connectivity index (χ4v) is 2.16. The molecular formula is C11H14ClFN2. The minimum absolute atomic E-state index is 0.314. The zero-order valence-corrected chi connectivity index (χ0v) is 9.30. The molecule has 82 valence electrons. The monoisotopic (exact) mass is 228 g/mol. The second kappa shape index (κ2) is 4.79. The number of nitrogens with zero attached hydrogens (tertiary/aromatic N) is 2. The maximum atomic E-state index is 13.0. The number of alkyl halides is 1. The molecule has 0 spiro atoms. The highest BCUT2D eigenvalue weighted by Crippen LogP contribution is 2.23. The summed E-state index contributed by atoms with van der Waals surface area (Å²) in [4.78, 5) is 6.33. The Morgan fingerprint density at radius 2 is 2.07 bits per heavy atom. The van der Waals surface area contributed by atoms with Crippen LogP contribution in [-0.4, -0.2) is 18.1 Å². The minimum Gasteiger partial charge on any atom is -0.356 e. The molecule has 0 aromatic carbocycles. The first-order valence-electron chi connectivity index (χ1n) is 5.26. The van der Waals surface area contributed by atoms with Crippen LogP contribution in [0.2, 0.25) is 0 Å². The van der Waals surface area contributed by atoms with E-state index in [0.29, 0.717) is 5.88 Å². The Kier molecular flexibility index (Phi) is 3.41. The molecule has 0 unspecified atom stereocenters. The van der Waals surface area contributed by atoms with Crippen molar-refractivity contribution in [1.82, 2.24) is 4.98 Å². The summed E-state index contributed by atoms with van der Waals surface area (Å²) in [7, 11) is 0. The van der Waals surface area contributed by atoms with Crippen LogP contribution in [0.3, 0.4) is 0 Å². The molecule has 2 rings (SSSR count). The molecule has 4 heteroatoms. The van der Waals surface area contributed by atoms with Crippen molar-refractivity contribution >= 4 is 17.4 Å². The van der Waals surface area contributed by atoms with Gasteiger partial charge in [-0.2, -0.15) is 0 Å². The van der Waals surface area contributed by atoms with Gasteiger partial charge < -0.3 is 4.90 Å². The molecule has 0 N–H and O–H groups in total. The Labute approximate surface area is 94.1 Å². The van der Waals surface area contributed by atoms with E-state index in [1.54, 1.807) is 0 Å². The van der Waals surface area contributed by atoms with Crippen molar-refractivity contribution in [1.29, 1.82) is 0 Å². The number of piperidine rings is 1. The normalized spacial score (nSPS) is 16.8. The summed E-state index contributed by atoms with van der Waals surface area (Å²) in [5.74, 6) is 0.855. The van der Waals surface area contributed by atoms with Crippen LogP contribution < -0.4 is 4.90 Å². The minimum atomic E-state index is -0.314. The number of hydrogen-bond acceptors (Lipinski definition) is 2. The van der Waals surface area contributed by atoms with E-state index in [1.165, 1.54) is 31.5 Å². The van der Waals surface area contributed by atoms with E-state index < -0.39 is 0 Å². The molecule has 0 radical (unpaired) electrons. The second-order valence-electron chi connectivity index (χ2n) is 3.82. The van der Waals surface area contributed by atoms with Gasteiger partial charge in [-0.05, 0) is 25.3 Å². The maximum absolute atomic E-state index is 13.0. The number of aromatic nitrogens is 1. The Bertz CT molecular complexity index is 337. The molecule has 1 aromatic rings. The molecule has 0 amide bonds. The highest BCUT2D eigenvalue weighted by atomic mass is 35.5.